The van der Waals surface area contributed by atoms with Crippen molar-refractivity contribution in [1.82, 2.24) is 19.2 Å². The quantitative estimate of drug-likeness (QED) is 0.454. The summed E-state index contributed by atoms with van der Waals surface area (Å²) < 4.78 is 21.5. The second-order valence-corrected chi connectivity index (χ2v) is 7.20. The Hall–Kier alpha value is -1.71. The van der Waals surface area contributed by atoms with Crippen LogP contribution in [0.3, 0.4) is 0 Å². The van der Waals surface area contributed by atoms with Crippen LogP contribution in [0.4, 0.5) is 4.39 Å². The van der Waals surface area contributed by atoms with Gasteiger partial charge in [0.15, 0.2) is 0 Å². The van der Waals surface area contributed by atoms with Gasteiger partial charge in [-0.15, -0.1) is 5.52 Å². The van der Waals surface area contributed by atoms with Crippen molar-refractivity contribution in [3.8, 4) is 5.69 Å². The summed E-state index contributed by atoms with van der Waals surface area (Å²) in [5, 5.41) is 4.78. The van der Waals surface area contributed by atoms with Gasteiger partial charge in [-0.25, -0.2) is 4.39 Å². The first-order chi connectivity index (χ1) is 14.1. The van der Waals surface area contributed by atoms with Crippen molar-refractivity contribution in [2.75, 3.05) is 32.8 Å². The van der Waals surface area contributed by atoms with Crippen molar-refractivity contribution in [3.63, 3.8) is 0 Å². The SMILES string of the molecule is CCc1c2c(=O)n(-c3ccc(F)cc3)[n-]c2cc(=O)n1CCCN1CCOCC1.[Na+]. The normalized spacial score (nSPS) is 14.7. The minimum Gasteiger partial charge on any atom is -0.587 e. The molecule has 154 valence electrons. The molecule has 1 aromatic carbocycles. The summed E-state index contributed by atoms with van der Waals surface area (Å²) >= 11 is 0. The van der Waals surface area contributed by atoms with Crippen molar-refractivity contribution in [2.24, 2.45) is 0 Å². The number of aromatic nitrogens is 3. The zero-order valence-electron chi connectivity index (χ0n) is 17.4. The summed E-state index contributed by atoms with van der Waals surface area (Å²) in [7, 11) is 0. The monoisotopic (exact) mass is 422 g/mol. The first-order valence-electron chi connectivity index (χ1n) is 9.97. The van der Waals surface area contributed by atoms with Crippen molar-refractivity contribution >= 4 is 10.9 Å². The number of rotatable bonds is 6. The van der Waals surface area contributed by atoms with E-state index in [0.717, 1.165) is 39.3 Å². The Kier molecular flexibility index (Phi) is 7.70. The molecule has 1 saturated heterocycles. The third-order valence-corrected chi connectivity index (χ3v) is 5.38. The molecule has 2 aromatic heterocycles. The van der Waals surface area contributed by atoms with Crippen LogP contribution in [-0.2, 0) is 17.7 Å². The molecule has 1 aliphatic heterocycles. The summed E-state index contributed by atoms with van der Waals surface area (Å²) in [6, 6.07) is 7.00. The Labute approximate surface area is 195 Å². The van der Waals surface area contributed by atoms with Crippen LogP contribution in [0.1, 0.15) is 19.0 Å². The second-order valence-electron chi connectivity index (χ2n) is 7.20. The van der Waals surface area contributed by atoms with Crippen LogP contribution in [0.5, 0.6) is 0 Å². The number of ether oxygens (including phenoxy) is 1. The molecule has 0 aliphatic carbocycles. The molecule has 0 saturated carbocycles. The molecule has 1 aliphatic rings. The molecular formula is C21H24FN4NaO3. The van der Waals surface area contributed by atoms with Gasteiger partial charge in [-0.3, -0.25) is 14.5 Å². The molecule has 7 nitrogen and oxygen atoms in total. The van der Waals surface area contributed by atoms with Gasteiger partial charge in [0.2, 0.25) is 11.1 Å². The number of nitrogens with zero attached hydrogens (tertiary/aromatic N) is 4. The third kappa shape index (κ3) is 4.63. The fourth-order valence-electron chi connectivity index (χ4n) is 3.90. The minimum absolute atomic E-state index is 0. The smallest absolute Gasteiger partial charge is 0.587 e. The summed E-state index contributed by atoms with van der Waals surface area (Å²) in [5.41, 5.74) is 1.12. The number of halogens is 1. The summed E-state index contributed by atoms with van der Waals surface area (Å²) in [4.78, 5) is 28.1. The molecule has 1 fully saturated rings. The number of morpholine rings is 1. The maximum atomic E-state index is 13.2. The van der Waals surface area contributed by atoms with E-state index in [1.165, 1.54) is 35.0 Å². The molecule has 30 heavy (non-hydrogen) atoms. The van der Waals surface area contributed by atoms with Crippen LogP contribution in [0.2, 0.25) is 0 Å². The molecule has 0 spiro atoms. The fraction of sp³-hybridized carbons (Fsp3) is 0.429. The molecule has 4 rings (SSSR count). The average Bonchev–Trinajstić information content (AvgIpc) is 3.05. The van der Waals surface area contributed by atoms with E-state index in [2.05, 4.69) is 10.00 Å². The number of hydrogen-bond acceptors (Lipinski definition) is 4. The van der Waals surface area contributed by atoms with Gasteiger partial charge in [-0.1, -0.05) is 6.92 Å². The Morgan fingerprint density at radius 3 is 2.47 bits per heavy atom. The van der Waals surface area contributed by atoms with Crippen LogP contribution >= 0.6 is 0 Å². The number of aryl methyl sites for hydroxylation is 1. The largest absolute Gasteiger partial charge is 1.00 e. The first-order valence-corrected chi connectivity index (χ1v) is 9.97. The maximum absolute atomic E-state index is 13.2. The zero-order valence-corrected chi connectivity index (χ0v) is 19.4. The number of pyridine rings is 1. The van der Waals surface area contributed by atoms with Crippen LogP contribution in [0.15, 0.2) is 39.9 Å². The molecule has 9 heteroatoms. The van der Waals surface area contributed by atoms with Crippen LogP contribution in [-0.4, -0.2) is 47.0 Å². The Balaban J connectivity index is 0.00000256. The summed E-state index contributed by atoms with van der Waals surface area (Å²) in [5.74, 6) is -0.382. The number of benzene rings is 1. The Morgan fingerprint density at radius 1 is 1.10 bits per heavy atom. The molecule has 3 aromatic rings. The van der Waals surface area contributed by atoms with Gasteiger partial charge in [-0.2, -0.15) is 0 Å². The van der Waals surface area contributed by atoms with Gasteiger partial charge in [-0.05, 0) is 43.2 Å². The van der Waals surface area contributed by atoms with E-state index in [1.807, 2.05) is 6.92 Å². The average molecular weight is 422 g/mol. The van der Waals surface area contributed by atoms with E-state index in [-0.39, 0.29) is 46.5 Å². The van der Waals surface area contributed by atoms with E-state index in [0.29, 0.717) is 35.2 Å². The van der Waals surface area contributed by atoms with Crippen molar-refractivity contribution in [1.29, 1.82) is 0 Å². The number of fused-ring (bicyclic) bond motifs is 1. The van der Waals surface area contributed by atoms with E-state index in [1.54, 1.807) is 4.57 Å². The van der Waals surface area contributed by atoms with Gasteiger partial charge in [0.25, 0.3) is 0 Å². The third-order valence-electron chi connectivity index (χ3n) is 5.38. The molecule has 0 radical (unpaired) electrons. The summed E-state index contributed by atoms with van der Waals surface area (Å²) in [6.45, 7) is 6.67. The van der Waals surface area contributed by atoms with Crippen molar-refractivity contribution in [2.45, 2.75) is 26.3 Å². The zero-order chi connectivity index (χ0) is 20.4. The van der Waals surface area contributed by atoms with Crippen molar-refractivity contribution < 1.29 is 38.7 Å². The van der Waals surface area contributed by atoms with Crippen molar-refractivity contribution in [3.05, 3.63) is 62.6 Å². The molecular weight excluding hydrogens is 398 g/mol. The van der Waals surface area contributed by atoms with Gasteiger partial charge in [0.05, 0.1) is 13.2 Å². The fourth-order valence-corrected chi connectivity index (χ4v) is 3.90. The molecule has 0 atom stereocenters. The standard InChI is InChI=1S/C21H25FN4O3.Na/c1-2-18-20-17(23-26(21(20)28)16-6-4-15(22)5-7-16)14-19(27)25(18)9-3-8-24-10-12-29-13-11-24;/h4-7,14H,2-3,8-13H2,1H3,(H,23,27);/q;+1/p-1. The topological polar surface area (TPSA) is 70.6 Å². The van der Waals surface area contributed by atoms with Crippen LogP contribution in [0.25, 0.3) is 16.6 Å². The van der Waals surface area contributed by atoms with E-state index >= 15 is 0 Å². The Morgan fingerprint density at radius 2 is 1.80 bits per heavy atom. The van der Waals surface area contributed by atoms with E-state index in [9.17, 15) is 14.0 Å². The van der Waals surface area contributed by atoms with Gasteiger partial charge >= 0.3 is 29.6 Å². The van der Waals surface area contributed by atoms with Gasteiger partial charge in [0.1, 0.15) is 5.82 Å². The molecule has 0 N–H and O–H groups in total. The number of hydrogen-bond donors (Lipinski definition) is 0. The van der Waals surface area contributed by atoms with E-state index < -0.39 is 0 Å². The molecule has 0 bridgehead atoms. The van der Waals surface area contributed by atoms with E-state index in [4.69, 9.17) is 4.74 Å². The summed E-state index contributed by atoms with van der Waals surface area (Å²) in [6.07, 6.45) is 1.37. The molecule has 3 heterocycles. The predicted octanol–water partition coefficient (Wildman–Crippen LogP) is -1.46. The second kappa shape index (κ2) is 10.1. The minimum atomic E-state index is -0.382. The maximum Gasteiger partial charge on any atom is 1.00 e. The first kappa shape index (κ1) is 23.0. The predicted molar refractivity (Wildman–Crippen MR) is 108 cm³/mol. The molecule has 0 unspecified atom stereocenters. The van der Waals surface area contributed by atoms with Crippen LogP contribution in [0, 0.1) is 5.82 Å². The Bertz CT molecular complexity index is 1110. The van der Waals surface area contributed by atoms with Gasteiger partial charge in [0, 0.05) is 42.9 Å². The van der Waals surface area contributed by atoms with Gasteiger partial charge < -0.3 is 19.1 Å². The van der Waals surface area contributed by atoms with Crippen LogP contribution < -0.4 is 45.8 Å². The molecule has 0 amide bonds.